The minimum Gasteiger partial charge on any atom is -0.464 e. The van der Waals surface area contributed by atoms with Crippen molar-refractivity contribution in [3.63, 3.8) is 0 Å². The highest BCUT2D eigenvalue weighted by molar-refractivity contribution is 5.80. The summed E-state index contributed by atoms with van der Waals surface area (Å²) in [5.41, 5.74) is -0.511. The Morgan fingerprint density at radius 2 is 2.00 bits per heavy atom. The maximum atomic E-state index is 12.0. The first-order valence-corrected chi connectivity index (χ1v) is 9.17. The van der Waals surface area contributed by atoms with Crippen LogP contribution in [0.4, 0.5) is 4.79 Å². The second-order valence-corrected chi connectivity index (χ2v) is 7.40. The molecule has 0 saturated carbocycles. The number of rotatable bonds is 7. The molecule has 26 heavy (non-hydrogen) atoms. The van der Waals surface area contributed by atoms with Crippen LogP contribution in [0, 0.1) is 6.92 Å². The van der Waals surface area contributed by atoms with E-state index >= 15 is 0 Å². The lowest BCUT2D eigenvalue weighted by Crippen LogP contribution is -2.48. The average Bonchev–Trinajstić information content (AvgIpc) is 2.96. The van der Waals surface area contributed by atoms with Crippen molar-refractivity contribution in [2.75, 3.05) is 13.6 Å². The Hall–Kier alpha value is -2.18. The van der Waals surface area contributed by atoms with Crippen molar-refractivity contribution < 1.29 is 13.9 Å². The molecule has 3 N–H and O–H groups in total. The van der Waals surface area contributed by atoms with E-state index in [2.05, 4.69) is 27.9 Å². The van der Waals surface area contributed by atoms with Gasteiger partial charge in [-0.3, -0.25) is 4.99 Å². The van der Waals surface area contributed by atoms with Crippen molar-refractivity contribution in [2.24, 2.45) is 4.99 Å². The number of hydrogen-bond acceptors (Lipinski definition) is 4. The topological polar surface area (TPSA) is 87.9 Å². The number of carbonyl (C=O) groups is 1. The molecule has 0 bridgehead atoms. The van der Waals surface area contributed by atoms with Crippen LogP contribution in [0.1, 0.15) is 65.0 Å². The van der Waals surface area contributed by atoms with E-state index in [0.717, 1.165) is 24.4 Å². The molecule has 1 heterocycles. The number of nitrogens with zero attached hydrogens (tertiary/aromatic N) is 1. The lowest BCUT2D eigenvalue weighted by molar-refractivity contribution is 0.0502. The molecule has 1 amide bonds. The molecule has 7 heteroatoms. The Labute approximate surface area is 157 Å². The van der Waals surface area contributed by atoms with Crippen LogP contribution in [0.5, 0.6) is 0 Å². The SMILES string of the molecule is CCCC(CNC(=NC)NC(C)c1ccc(C)o1)NC(=O)OC(C)(C)C. The van der Waals surface area contributed by atoms with Gasteiger partial charge in [0.25, 0.3) is 0 Å². The third-order valence-corrected chi connectivity index (χ3v) is 3.64. The monoisotopic (exact) mass is 366 g/mol. The van der Waals surface area contributed by atoms with E-state index in [1.807, 2.05) is 46.8 Å². The average molecular weight is 367 g/mol. The molecule has 0 aliphatic carbocycles. The molecule has 0 aliphatic rings. The van der Waals surface area contributed by atoms with Crippen LogP contribution >= 0.6 is 0 Å². The van der Waals surface area contributed by atoms with E-state index in [1.54, 1.807) is 7.05 Å². The zero-order valence-corrected chi connectivity index (χ0v) is 17.1. The molecule has 1 rings (SSSR count). The van der Waals surface area contributed by atoms with Crippen LogP contribution in [0.25, 0.3) is 0 Å². The first-order chi connectivity index (χ1) is 12.1. The smallest absolute Gasteiger partial charge is 0.407 e. The molecule has 0 spiro atoms. The molecule has 0 fully saturated rings. The van der Waals surface area contributed by atoms with E-state index < -0.39 is 11.7 Å². The Morgan fingerprint density at radius 1 is 1.31 bits per heavy atom. The minimum absolute atomic E-state index is 0.0154. The van der Waals surface area contributed by atoms with Crippen LogP contribution in [0.2, 0.25) is 0 Å². The van der Waals surface area contributed by atoms with Gasteiger partial charge in [0, 0.05) is 19.6 Å². The van der Waals surface area contributed by atoms with Gasteiger partial charge in [-0.2, -0.15) is 0 Å². The van der Waals surface area contributed by atoms with Gasteiger partial charge in [0.15, 0.2) is 5.96 Å². The van der Waals surface area contributed by atoms with Gasteiger partial charge in [0.2, 0.25) is 0 Å². The highest BCUT2D eigenvalue weighted by Crippen LogP contribution is 2.15. The van der Waals surface area contributed by atoms with Gasteiger partial charge < -0.3 is 25.1 Å². The third-order valence-electron chi connectivity index (χ3n) is 3.64. The van der Waals surface area contributed by atoms with E-state index in [0.29, 0.717) is 12.5 Å². The maximum absolute atomic E-state index is 12.0. The molecule has 148 valence electrons. The Kier molecular flexibility index (Phi) is 8.48. The zero-order chi connectivity index (χ0) is 19.7. The van der Waals surface area contributed by atoms with Crippen LogP contribution in [-0.2, 0) is 4.74 Å². The molecule has 0 aliphatic heterocycles. The second kappa shape index (κ2) is 10.1. The number of aliphatic imine (C=N–C) groups is 1. The quantitative estimate of drug-likeness (QED) is 0.508. The molecule has 0 aromatic carbocycles. The summed E-state index contributed by atoms with van der Waals surface area (Å²) in [5.74, 6) is 2.38. The van der Waals surface area contributed by atoms with Crippen molar-refractivity contribution in [2.45, 2.75) is 72.1 Å². The number of guanidine groups is 1. The Morgan fingerprint density at radius 3 is 2.50 bits per heavy atom. The first kappa shape index (κ1) is 21.9. The highest BCUT2D eigenvalue weighted by atomic mass is 16.6. The summed E-state index contributed by atoms with van der Waals surface area (Å²) in [6, 6.07) is 3.82. The number of aryl methyl sites for hydroxylation is 1. The van der Waals surface area contributed by atoms with Gasteiger partial charge in [-0.1, -0.05) is 13.3 Å². The summed E-state index contributed by atoms with van der Waals surface area (Å²) in [5, 5.41) is 9.46. The van der Waals surface area contributed by atoms with Gasteiger partial charge in [0.1, 0.15) is 17.1 Å². The number of ether oxygens (including phenoxy) is 1. The number of hydrogen-bond donors (Lipinski definition) is 3. The summed E-state index contributed by atoms with van der Waals surface area (Å²) in [4.78, 5) is 16.2. The van der Waals surface area contributed by atoms with Crippen LogP contribution in [-0.4, -0.2) is 37.3 Å². The van der Waals surface area contributed by atoms with Crippen molar-refractivity contribution in [3.8, 4) is 0 Å². The normalized spacial score (nSPS) is 14.5. The lowest BCUT2D eigenvalue weighted by atomic mass is 10.1. The molecule has 1 aromatic rings. The van der Waals surface area contributed by atoms with Gasteiger partial charge >= 0.3 is 6.09 Å². The summed E-state index contributed by atoms with van der Waals surface area (Å²) < 4.78 is 11.0. The van der Waals surface area contributed by atoms with Crippen molar-refractivity contribution in [1.29, 1.82) is 0 Å². The van der Waals surface area contributed by atoms with Crippen molar-refractivity contribution in [1.82, 2.24) is 16.0 Å². The molecular formula is C19H34N4O3. The zero-order valence-electron chi connectivity index (χ0n) is 17.1. The molecule has 1 aromatic heterocycles. The lowest BCUT2D eigenvalue weighted by Gasteiger charge is -2.24. The van der Waals surface area contributed by atoms with Crippen molar-refractivity contribution in [3.05, 3.63) is 23.7 Å². The molecular weight excluding hydrogens is 332 g/mol. The van der Waals surface area contributed by atoms with Crippen LogP contribution < -0.4 is 16.0 Å². The fourth-order valence-corrected chi connectivity index (χ4v) is 2.42. The Bertz CT molecular complexity index is 590. The largest absolute Gasteiger partial charge is 0.464 e. The standard InChI is InChI=1S/C19H34N4O3/c1-8-9-15(23-18(24)26-19(4,5)6)12-21-17(20-7)22-14(3)16-11-10-13(2)25-16/h10-11,14-15H,8-9,12H2,1-7H3,(H,23,24)(H2,20,21,22). The summed E-state index contributed by atoms with van der Waals surface area (Å²) in [6.45, 7) is 12.1. The van der Waals surface area contributed by atoms with Gasteiger partial charge in [0.05, 0.1) is 6.04 Å². The van der Waals surface area contributed by atoms with Crippen LogP contribution in [0.15, 0.2) is 21.5 Å². The van der Waals surface area contributed by atoms with Gasteiger partial charge in [-0.25, -0.2) is 4.79 Å². The summed E-state index contributed by atoms with van der Waals surface area (Å²) in [6.07, 6.45) is 1.40. The highest BCUT2D eigenvalue weighted by Gasteiger charge is 2.19. The van der Waals surface area contributed by atoms with Gasteiger partial charge in [-0.15, -0.1) is 0 Å². The molecule has 0 radical (unpaired) electrons. The fraction of sp³-hybridized carbons (Fsp3) is 0.684. The molecule has 0 saturated heterocycles. The molecule has 7 nitrogen and oxygen atoms in total. The summed E-state index contributed by atoms with van der Waals surface area (Å²) in [7, 11) is 1.71. The fourth-order valence-electron chi connectivity index (χ4n) is 2.42. The predicted octanol–water partition coefficient (Wildman–Crippen LogP) is 3.51. The molecule has 2 unspecified atom stereocenters. The number of carbonyl (C=O) groups excluding carboxylic acids is 1. The predicted molar refractivity (Wildman–Crippen MR) is 104 cm³/mol. The minimum atomic E-state index is -0.511. The number of furan rings is 1. The van der Waals surface area contributed by atoms with E-state index in [4.69, 9.17) is 9.15 Å². The van der Waals surface area contributed by atoms with Crippen LogP contribution in [0.3, 0.4) is 0 Å². The van der Waals surface area contributed by atoms with E-state index in [-0.39, 0.29) is 12.1 Å². The number of alkyl carbamates (subject to hydrolysis) is 1. The third kappa shape index (κ3) is 8.27. The number of nitrogens with one attached hydrogen (secondary N) is 3. The maximum Gasteiger partial charge on any atom is 0.407 e. The molecule has 2 atom stereocenters. The first-order valence-electron chi connectivity index (χ1n) is 9.17. The van der Waals surface area contributed by atoms with Crippen molar-refractivity contribution >= 4 is 12.1 Å². The van der Waals surface area contributed by atoms with Gasteiger partial charge in [-0.05, 0) is 53.2 Å². The number of amides is 1. The summed E-state index contributed by atoms with van der Waals surface area (Å²) >= 11 is 0. The van der Waals surface area contributed by atoms with E-state index in [9.17, 15) is 4.79 Å². The Balaban J connectivity index is 2.55. The second-order valence-electron chi connectivity index (χ2n) is 7.40. The van der Waals surface area contributed by atoms with E-state index in [1.165, 1.54) is 0 Å².